The summed E-state index contributed by atoms with van der Waals surface area (Å²) in [6.45, 7) is 9.43. The van der Waals surface area contributed by atoms with Crippen molar-refractivity contribution in [3.63, 3.8) is 0 Å². The fraction of sp³-hybridized carbons (Fsp3) is 0.556. The number of nitrogens with zero attached hydrogens (tertiary/aromatic N) is 1. The fourth-order valence-electron chi connectivity index (χ4n) is 2.59. The van der Waals surface area contributed by atoms with Crippen molar-refractivity contribution in [3.8, 4) is 11.5 Å². The molecule has 1 aliphatic heterocycles. The third-order valence-electron chi connectivity index (χ3n) is 3.58. The van der Waals surface area contributed by atoms with Crippen molar-refractivity contribution in [3.05, 3.63) is 23.8 Å². The molecule has 5 nitrogen and oxygen atoms in total. The summed E-state index contributed by atoms with van der Waals surface area (Å²) >= 11 is 1.12. The average Bonchev–Trinajstić information content (AvgIpc) is 2.77. The van der Waals surface area contributed by atoms with Crippen LogP contribution in [0.15, 0.2) is 18.2 Å². The molecule has 0 N–H and O–H groups in total. The fourth-order valence-corrected chi connectivity index (χ4v) is 3.63. The van der Waals surface area contributed by atoms with Gasteiger partial charge >= 0.3 is 0 Å². The van der Waals surface area contributed by atoms with Crippen LogP contribution in [-0.2, 0) is 11.2 Å². The summed E-state index contributed by atoms with van der Waals surface area (Å²) in [7, 11) is 0. The number of ether oxygens (including phenoxy) is 2. The van der Waals surface area contributed by atoms with Gasteiger partial charge < -0.3 is 9.47 Å². The van der Waals surface area contributed by atoms with E-state index in [0.29, 0.717) is 37.7 Å². The number of amides is 2. The predicted molar refractivity (Wildman–Crippen MR) is 95.8 cm³/mol. The smallest absolute Gasteiger partial charge is 0.289 e. The molecule has 132 valence electrons. The van der Waals surface area contributed by atoms with E-state index in [9.17, 15) is 9.59 Å². The Balaban J connectivity index is 2.12. The molecule has 0 unspecified atom stereocenters. The van der Waals surface area contributed by atoms with Crippen LogP contribution in [0.1, 0.15) is 33.3 Å². The Morgan fingerprint density at radius 1 is 1.12 bits per heavy atom. The van der Waals surface area contributed by atoms with E-state index in [2.05, 4.69) is 0 Å². The summed E-state index contributed by atoms with van der Waals surface area (Å²) in [5.74, 6) is 1.56. The molecule has 0 spiro atoms. The molecule has 1 aromatic rings. The number of carbonyl (C=O) groups is 2. The van der Waals surface area contributed by atoms with Crippen LogP contribution in [0.5, 0.6) is 11.5 Å². The third kappa shape index (κ3) is 4.44. The highest BCUT2D eigenvalue weighted by atomic mass is 32.2. The Morgan fingerprint density at radius 2 is 1.79 bits per heavy atom. The van der Waals surface area contributed by atoms with Crippen molar-refractivity contribution < 1.29 is 19.1 Å². The average molecular weight is 351 g/mol. The van der Waals surface area contributed by atoms with E-state index < -0.39 is 0 Å². The van der Waals surface area contributed by atoms with Crippen LogP contribution in [0.2, 0.25) is 0 Å². The van der Waals surface area contributed by atoms with Gasteiger partial charge in [0.05, 0.1) is 18.5 Å². The first-order valence-electron chi connectivity index (χ1n) is 8.36. The van der Waals surface area contributed by atoms with Gasteiger partial charge in [0.1, 0.15) is 0 Å². The highest BCUT2D eigenvalue weighted by Crippen LogP contribution is 2.33. The minimum absolute atomic E-state index is 0.0921. The molecule has 1 fully saturated rings. The van der Waals surface area contributed by atoms with Crippen LogP contribution in [0, 0.1) is 5.92 Å². The van der Waals surface area contributed by atoms with Gasteiger partial charge in [-0.05, 0) is 43.9 Å². The number of hydrogen-bond donors (Lipinski definition) is 0. The molecule has 0 aromatic heterocycles. The molecule has 1 aromatic carbocycles. The second-order valence-electron chi connectivity index (χ2n) is 6.07. The normalized spacial score (nSPS) is 17.7. The maximum absolute atomic E-state index is 12.5. The molecule has 0 bridgehead atoms. The Morgan fingerprint density at radius 3 is 2.42 bits per heavy atom. The van der Waals surface area contributed by atoms with Crippen LogP contribution in [0.4, 0.5) is 4.79 Å². The number of imide groups is 1. The molecule has 0 radical (unpaired) electrons. The molecule has 2 amide bonds. The van der Waals surface area contributed by atoms with E-state index in [1.54, 1.807) is 0 Å². The number of benzene rings is 1. The van der Waals surface area contributed by atoms with E-state index >= 15 is 0 Å². The number of carbonyl (C=O) groups excluding carboxylic acids is 2. The number of hydrogen-bond acceptors (Lipinski definition) is 5. The minimum atomic E-state index is -0.358. The molecule has 1 saturated heterocycles. The maximum Gasteiger partial charge on any atom is 0.289 e. The first-order chi connectivity index (χ1) is 11.5. The molecule has 1 aliphatic rings. The van der Waals surface area contributed by atoms with Crippen molar-refractivity contribution in [1.82, 2.24) is 4.90 Å². The molecule has 2 rings (SSSR count). The lowest BCUT2D eigenvalue weighted by Crippen LogP contribution is -2.35. The predicted octanol–water partition coefficient (Wildman–Crippen LogP) is 3.75. The highest BCUT2D eigenvalue weighted by Gasteiger charge is 2.39. The SMILES string of the molecule is CCOc1ccc(C[C@H]2SC(=O)N(CC(C)C)C2=O)cc1OCC. The molecule has 1 atom stereocenters. The van der Waals surface area contributed by atoms with Crippen LogP contribution in [0.25, 0.3) is 0 Å². The van der Waals surface area contributed by atoms with Crippen molar-refractivity contribution in [2.75, 3.05) is 19.8 Å². The zero-order valence-corrected chi connectivity index (χ0v) is 15.5. The Labute approximate surface area is 147 Å². The molecule has 0 aliphatic carbocycles. The van der Waals surface area contributed by atoms with E-state index in [1.165, 1.54) is 4.90 Å². The Bertz CT molecular complexity index is 603. The van der Waals surface area contributed by atoms with Crippen LogP contribution in [0.3, 0.4) is 0 Å². The zero-order valence-electron chi connectivity index (χ0n) is 14.7. The summed E-state index contributed by atoms with van der Waals surface area (Å²) in [5.41, 5.74) is 0.965. The summed E-state index contributed by atoms with van der Waals surface area (Å²) < 4.78 is 11.2. The lowest BCUT2D eigenvalue weighted by Gasteiger charge is -2.16. The van der Waals surface area contributed by atoms with E-state index in [-0.39, 0.29) is 22.3 Å². The van der Waals surface area contributed by atoms with Gasteiger partial charge in [0.15, 0.2) is 11.5 Å². The maximum atomic E-state index is 12.5. The first-order valence-corrected chi connectivity index (χ1v) is 9.24. The molecule has 6 heteroatoms. The molecule has 0 saturated carbocycles. The van der Waals surface area contributed by atoms with Crippen molar-refractivity contribution in [2.24, 2.45) is 5.92 Å². The minimum Gasteiger partial charge on any atom is -0.490 e. The summed E-state index contributed by atoms with van der Waals surface area (Å²) in [6, 6.07) is 5.69. The molecule has 1 heterocycles. The summed E-state index contributed by atoms with van der Waals surface area (Å²) in [5, 5.41) is -0.502. The standard InChI is InChI=1S/C18H25NO4S/c1-5-22-14-8-7-13(9-15(14)23-6-2)10-16-17(20)19(11-12(3)4)18(21)24-16/h7-9,12,16H,5-6,10-11H2,1-4H3/t16-/m1/s1. The summed E-state index contributed by atoms with van der Waals surface area (Å²) in [4.78, 5) is 25.9. The van der Waals surface area contributed by atoms with Crippen LogP contribution < -0.4 is 9.47 Å². The monoisotopic (exact) mass is 351 g/mol. The van der Waals surface area contributed by atoms with Crippen molar-refractivity contribution in [1.29, 1.82) is 0 Å². The van der Waals surface area contributed by atoms with Gasteiger partial charge in [-0.1, -0.05) is 31.7 Å². The lowest BCUT2D eigenvalue weighted by molar-refractivity contribution is -0.127. The van der Waals surface area contributed by atoms with Gasteiger partial charge in [0.2, 0.25) is 5.91 Å². The number of rotatable bonds is 8. The second-order valence-corrected chi connectivity index (χ2v) is 7.22. The molecule has 24 heavy (non-hydrogen) atoms. The Kier molecular flexibility index (Phi) is 6.54. The second kappa shape index (κ2) is 8.42. The van der Waals surface area contributed by atoms with Crippen LogP contribution in [-0.4, -0.2) is 41.1 Å². The van der Waals surface area contributed by atoms with Crippen molar-refractivity contribution in [2.45, 2.75) is 39.4 Å². The topological polar surface area (TPSA) is 55.8 Å². The van der Waals surface area contributed by atoms with Gasteiger partial charge in [-0.15, -0.1) is 0 Å². The van der Waals surface area contributed by atoms with Gasteiger partial charge in [0.25, 0.3) is 5.24 Å². The van der Waals surface area contributed by atoms with E-state index in [1.807, 2.05) is 45.9 Å². The van der Waals surface area contributed by atoms with Crippen LogP contribution >= 0.6 is 11.8 Å². The molecular formula is C18H25NO4S. The third-order valence-corrected chi connectivity index (χ3v) is 4.66. The lowest BCUT2D eigenvalue weighted by atomic mass is 10.1. The van der Waals surface area contributed by atoms with E-state index in [4.69, 9.17) is 9.47 Å². The summed E-state index contributed by atoms with van der Waals surface area (Å²) in [6.07, 6.45) is 0.510. The van der Waals surface area contributed by atoms with Gasteiger partial charge in [-0.25, -0.2) is 0 Å². The number of thioether (sulfide) groups is 1. The largest absolute Gasteiger partial charge is 0.490 e. The molecular weight excluding hydrogens is 326 g/mol. The Hall–Kier alpha value is -1.69. The van der Waals surface area contributed by atoms with Crippen molar-refractivity contribution >= 4 is 22.9 Å². The van der Waals surface area contributed by atoms with Gasteiger partial charge in [-0.3, -0.25) is 14.5 Å². The van der Waals surface area contributed by atoms with Gasteiger partial charge in [0, 0.05) is 6.54 Å². The van der Waals surface area contributed by atoms with E-state index in [0.717, 1.165) is 17.3 Å². The highest BCUT2D eigenvalue weighted by molar-refractivity contribution is 8.15. The zero-order chi connectivity index (χ0) is 17.7. The first kappa shape index (κ1) is 18.6. The quantitative estimate of drug-likeness (QED) is 0.714. The van der Waals surface area contributed by atoms with Gasteiger partial charge in [-0.2, -0.15) is 0 Å².